The zero-order valence-corrected chi connectivity index (χ0v) is 16.5. The van der Waals surface area contributed by atoms with Gasteiger partial charge >= 0.3 is 5.97 Å². The van der Waals surface area contributed by atoms with Crippen LogP contribution < -0.4 is 5.32 Å². The topological polar surface area (TPSA) is 75.0 Å². The van der Waals surface area contributed by atoms with E-state index in [0.29, 0.717) is 28.4 Å². The third-order valence-corrected chi connectivity index (χ3v) is 4.81. The third-order valence-electron chi connectivity index (χ3n) is 3.94. The number of esters is 1. The Hall–Kier alpha value is -3.50. The van der Waals surface area contributed by atoms with E-state index in [1.165, 1.54) is 23.5 Å². The molecule has 29 heavy (non-hydrogen) atoms. The van der Waals surface area contributed by atoms with Gasteiger partial charge in [-0.3, -0.25) is 0 Å². The van der Waals surface area contributed by atoms with Gasteiger partial charge in [-0.25, -0.2) is 14.2 Å². The molecule has 146 valence electrons. The first-order chi connectivity index (χ1) is 14.1. The molecule has 0 unspecified atom stereocenters. The van der Waals surface area contributed by atoms with Crippen molar-refractivity contribution in [3.8, 4) is 17.3 Å². The van der Waals surface area contributed by atoms with Crippen molar-refractivity contribution in [1.82, 2.24) is 4.98 Å². The van der Waals surface area contributed by atoms with Crippen LogP contribution in [0.25, 0.3) is 16.8 Å². The number of nitrogens with zero attached hydrogens (tertiary/aromatic N) is 2. The van der Waals surface area contributed by atoms with Crippen LogP contribution in [0, 0.1) is 17.1 Å². The number of rotatable bonds is 7. The van der Waals surface area contributed by atoms with Crippen LogP contribution in [-0.2, 0) is 4.74 Å². The third kappa shape index (κ3) is 5.27. The van der Waals surface area contributed by atoms with E-state index in [1.807, 2.05) is 12.3 Å². The zero-order chi connectivity index (χ0) is 20.6. The van der Waals surface area contributed by atoms with E-state index in [9.17, 15) is 14.4 Å². The summed E-state index contributed by atoms with van der Waals surface area (Å²) in [6.07, 6.45) is 2.34. The Morgan fingerprint density at radius 1 is 1.24 bits per heavy atom. The molecule has 3 aromatic rings. The van der Waals surface area contributed by atoms with Crippen LogP contribution in [0.4, 0.5) is 10.1 Å². The smallest absolute Gasteiger partial charge is 0.338 e. The van der Waals surface area contributed by atoms with Gasteiger partial charge in [0.25, 0.3) is 0 Å². The minimum absolute atomic E-state index is 0.310. The number of hydrogen-bond donors (Lipinski definition) is 1. The molecule has 0 bridgehead atoms. The maximum atomic E-state index is 13.1. The standard InChI is InChI=1S/C22H18FN3O2S/c1-2-11-28-22(27)16-5-9-19(10-6-16)25-13-17(12-24)21-26-20(14-29-21)15-3-7-18(23)8-4-15/h3-10,13-14,25H,2,11H2,1H3. The molecule has 5 nitrogen and oxygen atoms in total. The summed E-state index contributed by atoms with van der Waals surface area (Å²) in [7, 11) is 0. The molecule has 3 rings (SSSR count). The predicted octanol–water partition coefficient (Wildman–Crippen LogP) is 5.49. The summed E-state index contributed by atoms with van der Waals surface area (Å²) in [5.74, 6) is -0.668. The Morgan fingerprint density at radius 3 is 2.62 bits per heavy atom. The summed E-state index contributed by atoms with van der Waals surface area (Å²) in [5, 5.41) is 14.9. The molecular formula is C22H18FN3O2S. The van der Waals surface area contributed by atoms with Gasteiger partial charge in [0.05, 0.1) is 17.9 Å². The second-order valence-corrected chi connectivity index (χ2v) is 6.93. The fourth-order valence-electron chi connectivity index (χ4n) is 2.43. The number of thiazole rings is 1. The second kappa shape index (κ2) is 9.62. The lowest BCUT2D eigenvalue weighted by atomic mass is 10.2. The number of halogens is 1. The summed E-state index contributed by atoms with van der Waals surface area (Å²) in [6.45, 7) is 2.32. The highest BCUT2D eigenvalue weighted by atomic mass is 32.1. The summed E-state index contributed by atoms with van der Waals surface area (Å²) in [5.41, 5.74) is 3.03. The number of allylic oxidation sites excluding steroid dienone is 1. The molecule has 0 saturated carbocycles. The lowest BCUT2D eigenvalue weighted by molar-refractivity contribution is 0.0505. The Labute approximate surface area is 172 Å². The van der Waals surface area contributed by atoms with Crippen molar-refractivity contribution in [1.29, 1.82) is 5.26 Å². The molecule has 1 aromatic heterocycles. The van der Waals surface area contributed by atoms with Gasteiger partial charge in [-0.05, 0) is 55.0 Å². The molecule has 0 aliphatic heterocycles. The highest BCUT2D eigenvalue weighted by Gasteiger charge is 2.10. The Morgan fingerprint density at radius 2 is 1.97 bits per heavy atom. The van der Waals surface area contributed by atoms with Crippen LogP contribution in [0.15, 0.2) is 60.1 Å². The quantitative estimate of drug-likeness (QED) is 0.414. The van der Waals surface area contributed by atoms with E-state index in [1.54, 1.807) is 42.6 Å². The van der Waals surface area contributed by atoms with Gasteiger partial charge in [-0.15, -0.1) is 11.3 Å². The molecule has 1 N–H and O–H groups in total. The molecule has 0 fully saturated rings. The fourth-order valence-corrected chi connectivity index (χ4v) is 3.22. The minimum Gasteiger partial charge on any atom is -0.462 e. The van der Waals surface area contributed by atoms with Gasteiger partial charge in [0, 0.05) is 22.8 Å². The number of carbonyl (C=O) groups excluding carboxylic acids is 1. The molecule has 0 aliphatic rings. The lowest BCUT2D eigenvalue weighted by Gasteiger charge is -2.05. The van der Waals surface area contributed by atoms with Gasteiger partial charge in [0.1, 0.15) is 22.5 Å². The summed E-state index contributed by atoms with van der Waals surface area (Å²) < 4.78 is 18.2. The number of benzene rings is 2. The van der Waals surface area contributed by atoms with Crippen molar-refractivity contribution in [2.75, 3.05) is 11.9 Å². The fraction of sp³-hybridized carbons (Fsp3) is 0.136. The van der Waals surface area contributed by atoms with E-state index in [0.717, 1.165) is 17.7 Å². The first kappa shape index (κ1) is 20.2. The molecular weight excluding hydrogens is 389 g/mol. The maximum Gasteiger partial charge on any atom is 0.338 e. The van der Waals surface area contributed by atoms with Crippen LogP contribution in [0.1, 0.15) is 28.7 Å². The first-order valence-electron chi connectivity index (χ1n) is 8.96. The number of carbonyl (C=O) groups is 1. The molecule has 0 amide bonds. The second-order valence-electron chi connectivity index (χ2n) is 6.07. The molecule has 0 saturated heterocycles. The molecule has 7 heteroatoms. The van der Waals surface area contributed by atoms with Crippen LogP contribution in [0.5, 0.6) is 0 Å². The number of nitrogens with one attached hydrogen (secondary N) is 1. The first-order valence-corrected chi connectivity index (χ1v) is 9.84. The van der Waals surface area contributed by atoms with Crippen LogP contribution in [-0.4, -0.2) is 17.6 Å². The predicted molar refractivity (Wildman–Crippen MR) is 112 cm³/mol. The van der Waals surface area contributed by atoms with Crippen LogP contribution in [0.3, 0.4) is 0 Å². The molecule has 2 aromatic carbocycles. The Kier molecular flexibility index (Phi) is 6.72. The van der Waals surface area contributed by atoms with E-state index in [2.05, 4.69) is 16.4 Å². The molecule has 1 heterocycles. The van der Waals surface area contributed by atoms with Gasteiger partial charge < -0.3 is 10.1 Å². The molecule has 0 aliphatic carbocycles. The average molecular weight is 407 g/mol. The van der Waals surface area contributed by atoms with Crippen LogP contribution in [0.2, 0.25) is 0 Å². The molecule has 0 spiro atoms. The van der Waals surface area contributed by atoms with Crippen molar-refractivity contribution in [2.24, 2.45) is 0 Å². The number of anilines is 1. The van der Waals surface area contributed by atoms with Gasteiger partial charge in [0.2, 0.25) is 0 Å². The largest absolute Gasteiger partial charge is 0.462 e. The van der Waals surface area contributed by atoms with Crippen LogP contribution >= 0.6 is 11.3 Å². The van der Waals surface area contributed by atoms with E-state index >= 15 is 0 Å². The number of ether oxygens (including phenoxy) is 1. The molecule has 0 atom stereocenters. The summed E-state index contributed by atoms with van der Waals surface area (Å²) in [6, 6.07) is 15.0. The average Bonchev–Trinajstić information content (AvgIpc) is 3.23. The molecule has 0 radical (unpaired) electrons. The Balaban J connectivity index is 1.70. The summed E-state index contributed by atoms with van der Waals surface area (Å²) in [4.78, 5) is 16.3. The van der Waals surface area contributed by atoms with Gasteiger partial charge in [-0.1, -0.05) is 6.92 Å². The zero-order valence-electron chi connectivity index (χ0n) is 15.7. The van der Waals surface area contributed by atoms with Crippen molar-refractivity contribution in [3.05, 3.63) is 76.5 Å². The summed E-state index contributed by atoms with van der Waals surface area (Å²) >= 11 is 1.33. The van der Waals surface area contributed by atoms with Crippen molar-refractivity contribution in [3.63, 3.8) is 0 Å². The Bertz CT molecular complexity index is 1050. The van der Waals surface area contributed by atoms with E-state index in [-0.39, 0.29) is 11.8 Å². The van der Waals surface area contributed by atoms with Crippen molar-refractivity contribution in [2.45, 2.75) is 13.3 Å². The lowest BCUT2D eigenvalue weighted by Crippen LogP contribution is -2.05. The SMILES string of the molecule is CCCOC(=O)c1ccc(NC=C(C#N)c2nc(-c3ccc(F)cc3)cs2)cc1. The highest BCUT2D eigenvalue weighted by Crippen LogP contribution is 2.26. The van der Waals surface area contributed by atoms with Crippen molar-refractivity contribution >= 4 is 28.6 Å². The van der Waals surface area contributed by atoms with E-state index < -0.39 is 0 Å². The number of aromatic nitrogens is 1. The highest BCUT2D eigenvalue weighted by molar-refractivity contribution is 7.11. The van der Waals surface area contributed by atoms with Gasteiger partial charge in [0.15, 0.2) is 0 Å². The monoisotopic (exact) mass is 407 g/mol. The minimum atomic E-state index is -0.359. The van der Waals surface area contributed by atoms with E-state index in [4.69, 9.17) is 4.74 Å². The normalized spacial score (nSPS) is 11.0. The maximum absolute atomic E-state index is 13.1. The number of hydrogen-bond acceptors (Lipinski definition) is 6. The van der Waals surface area contributed by atoms with Crippen molar-refractivity contribution < 1.29 is 13.9 Å². The number of nitriles is 1. The van der Waals surface area contributed by atoms with Gasteiger partial charge in [-0.2, -0.15) is 5.26 Å².